The van der Waals surface area contributed by atoms with E-state index in [1.807, 2.05) is 6.92 Å². The minimum Gasteiger partial charge on any atom is -0.328 e. The lowest BCUT2D eigenvalue weighted by atomic mass is 10.6. The molecule has 0 aliphatic rings. The molecule has 0 saturated carbocycles. The van der Waals surface area contributed by atoms with Crippen molar-refractivity contribution in [3.8, 4) is 0 Å². The third-order valence-corrected chi connectivity index (χ3v) is 1.72. The van der Waals surface area contributed by atoms with E-state index in [0.29, 0.717) is 12.4 Å². The van der Waals surface area contributed by atoms with Gasteiger partial charge in [0, 0.05) is 33.1 Å². The first-order valence-corrected chi connectivity index (χ1v) is 4.19. The monoisotopic (exact) mass is 178 g/mol. The minimum absolute atomic E-state index is 0.0214. The molecule has 0 spiro atoms. The summed E-state index contributed by atoms with van der Waals surface area (Å²) < 4.78 is 0. The molecule has 0 N–H and O–H groups in total. The number of carbonyl (C=O) groups is 1. The number of hydrogen-bond donors (Lipinski definition) is 0. The fraction of sp³-hybridized carbons (Fsp3) is 0.857. The molecule has 0 bridgehead atoms. The molecule has 0 rings (SSSR count). The molecule has 0 heterocycles. The van der Waals surface area contributed by atoms with Crippen molar-refractivity contribution in [1.82, 2.24) is 9.80 Å². The average molecular weight is 179 g/mol. The van der Waals surface area contributed by atoms with Crippen molar-refractivity contribution in [2.75, 3.05) is 33.1 Å². The zero-order valence-electron chi connectivity index (χ0n) is 7.30. The highest BCUT2D eigenvalue weighted by Crippen LogP contribution is 1.93. The molecule has 0 aliphatic carbocycles. The van der Waals surface area contributed by atoms with Crippen LogP contribution < -0.4 is 0 Å². The van der Waals surface area contributed by atoms with E-state index in [9.17, 15) is 4.79 Å². The zero-order valence-corrected chi connectivity index (χ0v) is 8.06. The number of carbonyl (C=O) groups excluding carboxylic acids is 1. The summed E-state index contributed by atoms with van der Waals surface area (Å²) in [6.45, 7) is 3.27. The Kier molecular flexibility index (Phi) is 5.03. The summed E-state index contributed by atoms with van der Waals surface area (Å²) >= 11 is 5.48. The Labute approximate surface area is 72.9 Å². The first-order chi connectivity index (χ1) is 5.13. The van der Waals surface area contributed by atoms with Crippen LogP contribution in [0.25, 0.3) is 0 Å². The topological polar surface area (TPSA) is 23.6 Å². The molecule has 66 valence electrons. The highest BCUT2D eigenvalue weighted by Gasteiger charge is 2.10. The summed E-state index contributed by atoms with van der Waals surface area (Å²) in [5.74, 6) is 0.486. The second-order valence-electron chi connectivity index (χ2n) is 2.41. The standard InChI is InChI=1S/C7H15ClN2O/c1-4-9(2)7(11)10(3)6-5-8/h4-6H2,1-3H3. The fourth-order valence-electron chi connectivity index (χ4n) is 0.649. The van der Waals surface area contributed by atoms with E-state index < -0.39 is 0 Å². The van der Waals surface area contributed by atoms with Crippen LogP contribution >= 0.6 is 11.6 Å². The zero-order chi connectivity index (χ0) is 8.85. The van der Waals surface area contributed by atoms with E-state index in [2.05, 4.69) is 0 Å². The van der Waals surface area contributed by atoms with Crippen molar-refractivity contribution in [2.24, 2.45) is 0 Å². The van der Waals surface area contributed by atoms with Crippen LogP contribution in [0, 0.1) is 0 Å². The first kappa shape index (κ1) is 10.6. The van der Waals surface area contributed by atoms with Crippen molar-refractivity contribution < 1.29 is 4.79 Å². The van der Waals surface area contributed by atoms with Crippen LogP contribution in [0.3, 0.4) is 0 Å². The molecule has 0 saturated heterocycles. The number of halogens is 1. The van der Waals surface area contributed by atoms with E-state index in [0.717, 1.165) is 6.54 Å². The summed E-state index contributed by atoms with van der Waals surface area (Å²) in [5.41, 5.74) is 0. The van der Waals surface area contributed by atoms with Gasteiger partial charge in [-0.05, 0) is 6.92 Å². The second kappa shape index (κ2) is 5.24. The predicted molar refractivity (Wildman–Crippen MR) is 47.1 cm³/mol. The van der Waals surface area contributed by atoms with Gasteiger partial charge in [-0.25, -0.2) is 4.79 Å². The molecule has 4 heteroatoms. The van der Waals surface area contributed by atoms with Crippen molar-refractivity contribution in [2.45, 2.75) is 6.92 Å². The Balaban J connectivity index is 3.81. The lowest BCUT2D eigenvalue weighted by Gasteiger charge is -2.22. The number of nitrogens with zero attached hydrogens (tertiary/aromatic N) is 2. The Morgan fingerprint density at radius 2 is 1.91 bits per heavy atom. The van der Waals surface area contributed by atoms with E-state index in [1.165, 1.54) is 0 Å². The predicted octanol–water partition coefficient (Wildman–Crippen LogP) is 1.23. The molecule has 3 nitrogen and oxygen atoms in total. The molecule has 0 fully saturated rings. The van der Waals surface area contributed by atoms with E-state index in [-0.39, 0.29) is 6.03 Å². The van der Waals surface area contributed by atoms with E-state index >= 15 is 0 Å². The molecule has 0 aromatic heterocycles. The number of rotatable bonds is 3. The third kappa shape index (κ3) is 3.46. The first-order valence-electron chi connectivity index (χ1n) is 3.65. The number of urea groups is 1. The molecule has 0 aromatic rings. The van der Waals surface area contributed by atoms with Gasteiger partial charge in [-0.3, -0.25) is 0 Å². The van der Waals surface area contributed by atoms with Gasteiger partial charge in [0.25, 0.3) is 0 Å². The van der Waals surface area contributed by atoms with Gasteiger partial charge in [-0.1, -0.05) is 0 Å². The molecule has 0 unspecified atom stereocenters. The Hall–Kier alpha value is -0.440. The second-order valence-corrected chi connectivity index (χ2v) is 2.79. The summed E-state index contributed by atoms with van der Waals surface area (Å²) in [4.78, 5) is 14.5. The van der Waals surface area contributed by atoms with Crippen molar-refractivity contribution in [1.29, 1.82) is 0 Å². The molecule has 0 radical (unpaired) electrons. The quantitative estimate of drug-likeness (QED) is 0.597. The normalized spacial score (nSPS) is 9.45. The molecular weight excluding hydrogens is 164 g/mol. The van der Waals surface area contributed by atoms with E-state index in [1.54, 1.807) is 23.9 Å². The van der Waals surface area contributed by atoms with E-state index in [4.69, 9.17) is 11.6 Å². The van der Waals surface area contributed by atoms with Gasteiger partial charge in [0.1, 0.15) is 0 Å². The summed E-state index contributed by atoms with van der Waals surface area (Å²) in [6, 6.07) is 0.0214. The minimum atomic E-state index is 0.0214. The van der Waals surface area contributed by atoms with Gasteiger partial charge in [0.15, 0.2) is 0 Å². The molecule has 0 aromatic carbocycles. The number of hydrogen-bond acceptors (Lipinski definition) is 1. The lowest BCUT2D eigenvalue weighted by molar-refractivity contribution is 0.178. The van der Waals surface area contributed by atoms with Crippen molar-refractivity contribution in [3.63, 3.8) is 0 Å². The largest absolute Gasteiger partial charge is 0.328 e. The third-order valence-electron chi connectivity index (χ3n) is 1.55. The van der Waals surface area contributed by atoms with Crippen LogP contribution in [0.5, 0.6) is 0 Å². The maximum absolute atomic E-state index is 11.3. The average Bonchev–Trinajstić information content (AvgIpc) is 2.02. The highest BCUT2D eigenvalue weighted by atomic mass is 35.5. The Morgan fingerprint density at radius 3 is 2.27 bits per heavy atom. The summed E-state index contributed by atoms with van der Waals surface area (Å²) in [6.07, 6.45) is 0. The van der Waals surface area contributed by atoms with Gasteiger partial charge in [0.05, 0.1) is 0 Å². The van der Waals surface area contributed by atoms with Crippen molar-refractivity contribution in [3.05, 3.63) is 0 Å². The smallest absolute Gasteiger partial charge is 0.319 e. The Bertz CT molecular complexity index is 130. The van der Waals surface area contributed by atoms with Crippen LogP contribution in [0.1, 0.15) is 6.92 Å². The maximum atomic E-state index is 11.3. The molecule has 0 aliphatic heterocycles. The van der Waals surface area contributed by atoms with Gasteiger partial charge in [0.2, 0.25) is 0 Å². The SMILES string of the molecule is CCN(C)C(=O)N(C)CCCl. The summed E-state index contributed by atoms with van der Waals surface area (Å²) in [5, 5.41) is 0. The van der Waals surface area contributed by atoms with Gasteiger partial charge in [-0.2, -0.15) is 0 Å². The molecule has 0 atom stereocenters. The summed E-state index contributed by atoms with van der Waals surface area (Å²) in [7, 11) is 3.52. The van der Waals surface area contributed by atoms with Gasteiger partial charge >= 0.3 is 6.03 Å². The number of amides is 2. The molecular formula is C7H15ClN2O. The Morgan fingerprint density at radius 1 is 1.36 bits per heavy atom. The van der Waals surface area contributed by atoms with Crippen LogP contribution in [0.2, 0.25) is 0 Å². The fourth-order valence-corrected chi connectivity index (χ4v) is 0.903. The van der Waals surface area contributed by atoms with Crippen LogP contribution in [-0.2, 0) is 0 Å². The maximum Gasteiger partial charge on any atom is 0.319 e. The molecule has 2 amide bonds. The van der Waals surface area contributed by atoms with Gasteiger partial charge < -0.3 is 9.80 Å². The van der Waals surface area contributed by atoms with Crippen LogP contribution in [-0.4, -0.2) is 48.9 Å². The van der Waals surface area contributed by atoms with Crippen LogP contribution in [0.15, 0.2) is 0 Å². The van der Waals surface area contributed by atoms with Crippen LogP contribution in [0.4, 0.5) is 4.79 Å². The highest BCUT2D eigenvalue weighted by molar-refractivity contribution is 6.18. The van der Waals surface area contributed by atoms with Gasteiger partial charge in [-0.15, -0.1) is 11.6 Å². The van der Waals surface area contributed by atoms with Crippen molar-refractivity contribution >= 4 is 17.6 Å². The number of alkyl halides is 1. The lowest BCUT2D eigenvalue weighted by Crippen LogP contribution is -2.39. The molecule has 11 heavy (non-hydrogen) atoms.